The van der Waals surface area contributed by atoms with Gasteiger partial charge in [0.05, 0.1) is 18.2 Å². The number of carbonyl (C=O) groups is 1. The molecule has 44 heavy (non-hydrogen) atoms. The van der Waals surface area contributed by atoms with Crippen molar-refractivity contribution in [2.45, 2.75) is 23.9 Å². The van der Waals surface area contributed by atoms with Gasteiger partial charge in [-0.1, -0.05) is 0 Å². The summed E-state index contributed by atoms with van der Waals surface area (Å²) in [6, 6.07) is 8.73. The van der Waals surface area contributed by atoms with E-state index in [0.29, 0.717) is 0 Å². The number of hydrogen-bond acceptors (Lipinski definition) is 6. The lowest BCUT2D eigenvalue weighted by molar-refractivity contribution is -0.149. The van der Waals surface area contributed by atoms with Crippen molar-refractivity contribution in [3.8, 4) is 22.8 Å². The predicted molar refractivity (Wildman–Crippen MR) is 141 cm³/mol. The molecule has 2 aromatic carbocycles. The Balaban J connectivity index is 1.53. The molecule has 0 fully saturated rings. The normalized spacial score (nSPS) is 14.8. The van der Waals surface area contributed by atoms with Crippen LogP contribution in [0.4, 0.5) is 35.1 Å². The number of fused-ring (bicyclic) bond motifs is 2. The molecule has 1 atom stereocenters. The van der Waals surface area contributed by atoms with Gasteiger partial charge < -0.3 is 14.8 Å². The Bertz CT molecular complexity index is 1700. The third-order valence-corrected chi connectivity index (χ3v) is 7.28. The number of halogens is 8. The molecule has 1 N–H and O–H groups in total. The van der Waals surface area contributed by atoms with Crippen LogP contribution in [0.1, 0.15) is 39.7 Å². The fourth-order valence-electron chi connectivity index (χ4n) is 4.84. The van der Waals surface area contributed by atoms with Gasteiger partial charge in [0.25, 0.3) is 12.3 Å². The molecule has 0 bridgehead atoms. The molecule has 1 amide bonds. The first-order chi connectivity index (χ1) is 20.9. The van der Waals surface area contributed by atoms with Gasteiger partial charge in [-0.3, -0.25) is 4.79 Å². The van der Waals surface area contributed by atoms with Gasteiger partial charge in [-0.2, -0.15) is 13.2 Å². The second-order valence-electron chi connectivity index (χ2n) is 10.1. The molecule has 1 aliphatic rings. The van der Waals surface area contributed by atoms with Crippen LogP contribution in [-0.4, -0.2) is 60.9 Å². The number of pyridine rings is 1. The molecule has 4 aromatic rings. The van der Waals surface area contributed by atoms with Gasteiger partial charge in [-0.25, -0.2) is 26.9 Å². The molecule has 1 aliphatic heterocycles. The average Bonchev–Trinajstić information content (AvgIpc) is 3.38. The van der Waals surface area contributed by atoms with Crippen LogP contribution in [0.2, 0.25) is 0 Å². The number of benzene rings is 2. The molecule has 15 heteroatoms. The lowest BCUT2D eigenvalue weighted by Gasteiger charge is -2.24. The van der Waals surface area contributed by atoms with Gasteiger partial charge in [0.15, 0.2) is 0 Å². The van der Waals surface area contributed by atoms with Crippen molar-refractivity contribution in [3.63, 3.8) is 0 Å². The van der Waals surface area contributed by atoms with Crippen LogP contribution in [0, 0.1) is 5.82 Å². The van der Waals surface area contributed by atoms with E-state index in [9.17, 15) is 39.9 Å². The standard InChI is InChI=1S/C29H22F8N4O3/c1-43-22-8-16(6-15-7-21(26(33)34)40-41-23(15)22)27(42)38-10-19(29(35,36)37)20-9-18-25(44-13-28(18,11-30)12-31)24(39-20)14-2-4-17(32)5-3-14/h2-9,19,26H,10-13H2,1H3,(H,38,42)/t19-/m1/s1. The Morgan fingerprint density at radius 1 is 1.05 bits per heavy atom. The number of ether oxygens (including phenoxy) is 2. The van der Waals surface area contributed by atoms with Crippen molar-refractivity contribution < 1.29 is 49.4 Å². The SMILES string of the molecule is COc1cc(C(=O)NC[C@H](c2cc3c(c(-c4ccc(F)cc4)n2)OCC3(CF)CF)C(F)(F)F)cc2cc(C(F)F)nnc12. The van der Waals surface area contributed by atoms with Crippen molar-refractivity contribution in [1.29, 1.82) is 0 Å². The van der Waals surface area contributed by atoms with E-state index >= 15 is 0 Å². The van der Waals surface area contributed by atoms with Gasteiger partial charge in [-0.05, 0) is 48.5 Å². The maximum Gasteiger partial charge on any atom is 0.398 e. The molecule has 3 heterocycles. The van der Waals surface area contributed by atoms with E-state index in [2.05, 4.69) is 20.5 Å². The van der Waals surface area contributed by atoms with E-state index in [0.717, 1.165) is 36.4 Å². The van der Waals surface area contributed by atoms with Gasteiger partial charge in [0.1, 0.15) is 60.1 Å². The maximum atomic E-state index is 14.5. The summed E-state index contributed by atoms with van der Waals surface area (Å²) in [5, 5.41) is 9.29. The van der Waals surface area contributed by atoms with E-state index in [1.165, 1.54) is 19.2 Å². The lowest BCUT2D eigenvalue weighted by atomic mass is 9.83. The summed E-state index contributed by atoms with van der Waals surface area (Å²) in [5.74, 6) is -4.28. The number of amides is 1. The molecular formula is C29H22F8N4O3. The van der Waals surface area contributed by atoms with Gasteiger partial charge >= 0.3 is 6.18 Å². The Morgan fingerprint density at radius 2 is 1.75 bits per heavy atom. The third kappa shape index (κ3) is 5.69. The predicted octanol–water partition coefficient (Wildman–Crippen LogP) is 6.42. The molecule has 0 spiro atoms. The summed E-state index contributed by atoms with van der Waals surface area (Å²) in [6.45, 7) is -4.12. The van der Waals surface area contributed by atoms with E-state index in [1.807, 2.05) is 0 Å². The first-order valence-electron chi connectivity index (χ1n) is 12.9. The van der Waals surface area contributed by atoms with Gasteiger partial charge in [-0.15, -0.1) is 10.2 Å². The van der Waals surface area contributed by atoms with Crippen molar-refractivity contribution in [2.75, 3.05) is 33.6 Å². The van der Waals surface area contributed by atoms with Crippen LogP contribution >= 0.6 is 0 Å². The van der Waals surface area contributed by atoms with Crippen LogP contribution in [0.5, 0.6) is 11.5 Å². The summed E-state index contributed by atoms with van der Waals surface area (Å²) in [4.78, 5) is 17.2. The molecule has 0 saturated carbocycles. The first-order valence-corrected chi connectivity index (χ1v) is 12.9. The summed E-state index contributed by atoms with van der Waals surface area (Å²) in [7, 11) is 1.22. The quantitative estimate of drug-likeness (QED) is 0.216. The number of rotatable bonds is 9. The largest absolute Gasteiger partial charge is 0.494 e. The summed E-state index contributed by atoms with van der Waals surface area (Å²) in [5.41, 5.74) is -3.64. The molecule has 0 saturated heterocycles. The first kappa shape index (κ1) is 30.9. The molecule has 0 unspecified atom stereocenters. The van der Waals surface area contributed by atoms with Gasteiger partial charge in [0.2, 0.25) is 0 Å². The van der Waals surface area contributed by atoms with Crippen LogP contribution in [-0.2, 0) is 5.41 Å². The monoisotopic (exact) mass is 626 g/mol. The zero-order chi connectivity index (χ0) is 31.8. The fraction of sp³-hybridized carbons (Fsp3) is 0.310. The number of alkyl halides is 7. The molecule has 5 rings (SSSR count). The van der Waals surface area contributed by atoms with Crippen molar-refractivity contribution in [2.24, 2.45) is 0 Å². The van der Waals surface area contributed by atoms with Crippen LogP contribution in [0.15, 0.2) is 48.5 Å². The highest BCUT2D eigenvalue weighted by Gasteiger charge is 2.47. The van der Waals surface area contributed by atoms with E-state index in [4.69, 9.17) is 9.47 Å². The van der Waals surface area contributed by atoms with Crippen molar-refractivity contribution >= 4 is 16.8 Å². The summed E-state index contributed by atoms with van der Waals surface area (Å²) >= 11 is 0. The second kappa shape index (κ2) is 11.8. The number of hydrogen-bond donors (Lipinski definition) is 1. The highest BCUT2D eigenvalue weighted by molar-refractivity contribution is 5.99. The Labute approximate surface area is 244 Å². The smallest absolute Gasteiger partial charge is 0.398 e. The second-order valence-corrected chi connectivity index (χ2v) is 10.1. The van der Waals surface area contributed by atoms with Crippen LogP contribution < -0.4 is 14.8 Å². The molecular weight excluding hydrogens is 604 g/mol. The zero-order valence-electron chi connectivity index (χ0n) is 22.7. The highest BCUT2D eigenvalue weighted by Crippen LogP contribution is 2.47. The Kier molecular flexibility index (Phi) is 8.32. The minimum absolute atomic E-state index is 0.0326. The fourth-order valence-corrected chi connectivity index (χ4v) is 4.84. The zero-order valence-corrected chi connectivity index (χ0v) is 22.7. The van der Waals surface area contributed by atoms with E-state index in [-0.39, 0.29) is 44.8 Å². The van der Waals surface area contributed by atoms with Gasteiger partial charge in [0, 0.05) is 28.6 Å². The van der Waals surface area contributed by atoms with Crippen molar-refractivity contribution in [3.05, 3.63) is 76.9 Å². The Hall–Kier alpha value is -4.56. The van der Waals surface area contributed by atoms with Crippen molar-refractivity contribution in [1.82, 2.24) is 20.5 Å². The highest BCUT2D eigenvalue weighted by atomic mass is 19.4. The minimum atomic E-state index is -5.01. The summed E-state index contributed by atoms with van der Waals surface area (Å²) in [6.07, 6.45) is -7.98. The van der Waals surface area contributed by atoms with Crippen LogP contribution in [0.25, 0.3) is 22.2 Å². The number of carbonyl (C=O) groups excluding carboxylic acids is 1. The number of aromatic nitrogens is 3. The average molecular weight is 627 g/mol. The summed E-state index contributed by atoms with van der Waals surface area (Å²) < 4.78 is 122. The molecule has 0 aliphatic carbocycles. The van der Waals surface area contributed by atoms with E-state index in [1.54, 1.807) is 0 Å². The van der Waals surface area contributed by atoms with Crippen LogP contribution in [0.3, 0.4) is 0 Å². The molecule has 0 radical (unpaired) electrons. The molecule has 2 aromatic heterocycles. The topological polar surface area (TPSA) is 86.2 Å². The molecule has 232 valence electrons. The number of nitrogens with one attached hydrogen (secondary N) is 1. The third-order valence-electron chi connectivity index (χ3n) is 7.28. The maximum absolute atomic E-state index is 14.5. The number of nitrogens with zero attached hydrogens (tertiary/aromatic N) is 3. The minimum Gasteiger partial charge on any atom is -0.494 e. The lowest BCUT2D eigenvalue weighted by Crippen LogP contribution is -2.36. The number of methoxy groups -OCH3 is 1. The van der Waals surface area contributed by atoms with E-state index < -0.39 is 73.5 Å². The Morgan fingerprint density at radius 3 is 2.36 bits per heavy atom. The molecule has 7 nitrogen and oxygen atoms in total.